The number of amides is 2. The molecule has 0 fully saturated rings. The topological polar surface area (TPSA) is 86.8 Å². The number of benzene rings is 2. The van der Waals surface area contributed by atoms with Gasteiger partial charge < -0.3 is 10.2 Å². The zero-order valence-corrected chi connectivity index (χ0v) is 22.0. The first-order valence-electron chi connectivity index (χ1n) is 11.4. The van der Waals surface area contributed by atoms with Crippen LogP contribution in [-0.4, -0.2) is 55.1 Å². The molecule has 1 N–H and O–H groups in total. The second-order valence-corrected chi connectivity index (χ2v) is 10.9. The summed E-state index contributed by atoms with van der Waals surface area (Å²) < 4.78 is 27.0. The van der Waals surface area contributed by atoms with E-state index in [0.717, 1.165) is 21.9 Å². The van der Waals surface area contributed by atoms with Crippen LogP contribution in [0.2, 0.25) is 5.02 Å². The lowest BCUT2D eigenvalue weighted by Crippen LogP contribution is -2.53. The van der Waals surface area contributed by atoms with Gasteiger partial charge in [0, 0.05) is 24.7 Å². The van der Waals surface area contributed by atoms with Crippen molar-refractivity contribution in [2.75, 3.05) is 13.6 Å². The molecular weight excluding hydrogens is 474 g/mol. The van der Waals surface area contributed by atoms with Gasteiger partial charge in [0.1, 0.15) is 6.04 Å². The lowest BCUT2D eigenvalue weighted by Gasteiger charge is -2.32. The molecule has 0 aliphatic rings. The number of nitrogens with one attached hydrogen (secondary N) is 1. The Hall–Kier alpha value is -2.42. The van der Waals surface area contributed by atoms with Crippen LogP contribution in [0, 0.1) is 6.92 Å². The van der Waals surface area contributed by atoms with Gasteiger partial charge in [-0.15, -0.1) is 0 Å². The Morgan fingerprint density at radius 1 is 1.00 bits per heavy atom. The molecule has 0 unspecified atom stereocenters. The van der Waals surface area contributed by atoms with Crippen LogP contribution >= 0.6 is 11.6 Å². The van der Waals surface area contributed by atoms with Gasteiger partial charge in [0.15, 0.2) is 0 Å². The summed E-state index contributed by atoms with van der Waals surface area (Å²) in [6, 6.07) is 12.7. The summed E-state index contributed by atoms with van der Waals surface area (Å²) >= 11 is 5.87. The van der Waals surface area contributed by atoms with Gasteiger partial charge in [0.25, 0.3) is 0 Å². The third kappa shape index (κ3) is 7.29. The van der Waals surface area contributed by atoms with Gasteiger partial charge in [-0.1, -0.05) is 55.3 Å². The van der Waals surface area contributed by atoms with Crippen molar-refractivity contribution in [3.8, 4) is 0 Å². The van der Waals surface area contributed by atoms with Crippen LogP contribution in [-0.2, 0) is 26.2 Å². The van der Waals surface area contributed by atoms with Gasteiger partial charge in [-0.2, -0.15) is 4.31 Å². The standard InChI is InChI=1S/C25H34ClN3O4S/c1-6-19(4)27-25(31)23(7-2)29(16-20-10-8-18(3)9-11-20)24(30)17-28(5)34(32,33)22-14-12-21(26)13-15-22/h8-15,19,23H,6-7,16-17H2,1-5H3,(H,27,31)/t19-,23+/m1/s1. The molecule has 0 bridgehead atoms. The fraction of sp³-hybridized carbons (Fsp3) is 0.440. The molecule has 0 saturated heterocycles. The first-order chi connectivity index (χ1) is 16.0. The van der Waals surface area contributed by atoms with E-state index in [1.54, 1.807) is 0 Å². The van der Waals surface area contributed by atoms with E-state index in [0.29, 0.717) is 11.4 Å². The summed E-state index contributed by atoms with van der Waals surface area (Å²) in [5.41, 5.74) is 1.94. The molecule has 0 aliphatic carbocycles. The monoisotopic (exact) mass is 507 g/mol. The van der Waals surface area contributed by atoms with Crippen LogP contribution in [0.3, 0.4) is 0 Å². The van der Waals surface area contributed by atoms with Crippen LogP contribution in [0.15, 0.2) is 53.4 Å². The highest BCUT2D eigenvalue weighted by Gasteiger charge is 2.32. The van der Waals surface area contributed by atoms with Crippen molar-refractivity contribution in [1.82, 2.24) is 14.5 Å². The van der Waals surface area contributed by atoms with E-state index in [1.807, 2.05) is 52.0 Å². The van der Waals surface area contributed by atoms with Crippen LogP contribution in [0.4, 0.5) is 0 Å². The smallest absolute Gasteiger partial charge is 0.243 e. The SMILES string of the molecule is CC[C@@H](C)NC(=O)[C@H](CC)N(Cc1ccc(C)cc1)C(=O)CN(C)S(=O)(=O)c1ccc(Cl)cc1. The van der Waals surface area contributed by atoms with Crippen molar-refractivity contribution in [3.05, 3.63) is 64.7 Å². The molecule has 0 radical (unpaired) electrons. The summed E-state index contributed by atoms with van der Waals surface area (Å²) in [7, 11) is -2.56. The van der Waals surface area contributed by atoms with Gasteiger partial charge in [-0.05, 0) is 56.5 Å². The fourth-order valence-electron chi connectivity index (χ4n) is 3.40. The van der Waals surface area contributed by atoms with Gasteiger partial charge >= 0.3 is 0 Å². The number of rotatable bonds is 11. The number of sulfonamides is 1. The highest BCUT2D eigenvalue weighted by atomic mass is 35.5. The first kappa shape index (κ1) is 27.8. The van der Waals surface area contributed by atoms with E-state index in [2.05, 4.69) is 5.32 Å². The molecule has 0 aliphatic heterocycles. The maximum Gasteiger partial charge on any atom is 0.243 e. The predicted octanol–water partition coefficient (Wildman–Crippen LogP) is 3.99. The largest absolute Gasteiger partial charge is 0.352 e. The summed E-state index contributed by atoms with van der Waals surface area (Å²) in [6.07, 6.45) is 1.16. The zero-order valence-electron chi connectivity index (χ0n) is 20.4. The van der Waals surface area contributed by atoms with Crippen molar-refractivity contribution in [2.24, 2.45) is 0 Å². The molecule has 2 amide bonds. The zero-order chi connectivity index (χ0) is 25.5. The quantitative estimate of drug-likeness (QED) is 0.498. The number of nitrogens with zero attached hydrogens (tertiary/aromatic N) is 2. The summed E-state index contributed by atoms with van der Waals surface area (Å²) in [5.74, 6) is -0.702. The van der Waals surface area contributed by atoms with Gasteiger partial charge in [0.05, 0.1) is 11.4 Å². The van der Waals surface area contributed by atoms with E-state index in [1.165, 1.54) is 36.2 Å². The summed E-state index contributed by atoms with van der Waals surface area (Å²) in [6.45, 7) is 7.48. The number of carbonyl (C=O) groups is 2. The second kappa shape index (κ2) is 12.3. The molecule has 2 aromatic carbocycles. The molecule has 2 atom stereocenters. The highest BCUT2D eigenvalue weighted by molar-refractivity contribution is 7.89. The van der Waals surface area contributed by atoms with E-state index in [4.69, 9.17) is 11.6 Å². The second-order valence-electron chi connectivity index (χ2n) is 8.46. The van der Waals surface area contributed by atoms with E-state index in [-0.39, 0.29) is 23.4 Å². The maximum absolute atomic E-state index is 13.4. The number of aryl methyl sites for hydroxylation is 1. The van der Waals surface area contributed by atoms with Crippen LogP contribution < -0.4 is 5.32 Å². The van der Waals surface area contributed by atoms with Crippen molar-refractivity contribution >= 4 is 33.4 Å². The predicted molar refractivity (Wildman–Crippen MR) is 135 cm³/mol. The van der Waals surface area contributed by atoms with Crippen LogP contribution in [0.5, 0.6) is 0 Å². The average molecular weight is 508 g/mol. The van der Waals surface area contributed by atoms with Gasteiger partial charge in [0.2, 0.25) is 21.8 Å². The summed E-state index contributed by atoms with van der Waals surface area (Å²) in [4.78, 5) is 28.0. The lowest BCUT2D eigenvalue weighted by molar-refractivity contribution is -0.141. The number of likely N-dealkylation sites (N-methyl/N-ethyl adjacent to an activating group) is 1. The number of hydrogen-bond donors (Lipinski definition) is 1. The van der Waals surface area contributed by atoms with Crippen molar-refractivity contribution in [2.45, 2.75) is 64.1 Å². The molecule has 0 aromatic heterocycles. The molecule has 0 heterocycles. The molecule has 0 saturated carbocycles. The normalized spacial score (nSPS) is 13.4. The highest BCUT2D eigenvalue weighted by Crippen LogP contribution is 2.19. The molecule has 186 valence electrons. The number of halogens is 1. The Balaban J connectivity index is 2.32. The Morgan fingerprint density at radius 3 is 2.12 bits per heavy atom. The van der Waals surface area contributed by atoms with Crippen molar-refractivity contribution in [1.29, 1.82) is 0 Å². The summed E-state index contributed by atoms with van der Waals surface area (Å²) in [5, 5.41) is 3.37. The minimum Gasteiger partial charge on any atom is -0.352 e. The van der Waals surface area contributed by atoms with Gasteiger partial charge in [-0.3, -0.25) is 9.59 Å². The Kier molecular flexibility index (Phi) is 10.1. The molecule has 0 spiro atoms. The number of carbonyl (C=O) groups excluding carboxylic acids is 2. The van der Waals surface area contributed by atoms with Crippen LogP contribution in [0.25, 0.3) is 0 Å². The van der Waals surface area contributed by atoms with E-state index >= 15 is 0 Å². The fourth-order valence-corrected chi connectivity index (χ4v) is 4.65. The molecule has 34 heavy (non-hydrogen) atoms. The Labute approximate surface area is 208 Å². The molecule has 2 rings (SSSR count). The average Bonchev–Trinajstić information content (AvgIpc) is 2.80. The van der Waals surface area contributed by atoms with Crippen molar-refractivity contribution < 1.29 is 18.0 Å². The lowest BCUT2D eigenvalue weighted by atomic mass is 10.1. The van der Waals surface area contributed by atoms with Crippen molar-refractivity contribution in [3.63, 3.8) is 0 Å². The van der Waals surface area contributed by atoms with Crippen LogP contribution in [0.1, 0.15) is 44.7 Å². The molecular formula is C25H34ClN3O4S. The van der Waals surface area contributed by atoms with E-state index < -0.39 is 28.5 Å². The molecule has 9 heteroatoms. The minimum atomic E-state index is -3.91. The number of hydrogen-bond acceptors (Lipinski definition) is 4. The molecule has 7 nitrogen and oxygen atoms in total. The third-order valence-electron chi connectivity index (χ3n) is 5.74. The Morgan fingerprint density at radius 2 is 1.59 bits per heavy atom. The Bertz CT molecular complexity index is 1070. The van der Waals surface area contributed by atoms with E-state index in [9.17, 15) is 18.0 Å². The minimum absolute atomic E-state index is 0.0363. The van der Waals surface area contributed by atoms with Gasteiger partial charge in [-0.25, -0.2) is 8.42 Å². The third-order valence-corrected chi connectivity index (χ3v) is 7.81. The molecule has 2 aromatic rings. The first-order valence-corrected chi connectivity index (χ1v) is 13.2. The maximum atomic E-state index is 13.4.